The van der Waals surface area contributed by atoms with E-state index >= 15 is 0 Å². The van der Waals surface area contributed by atoms with Crippen LogP contribution in [0.4, 0.5) is 0 Å². The van der Waals surface area contributed by atoms with E-state index in [0.717, 1.165) is 32.5 Å². The standard InChI is InChI=1S/C10H19NO/c1-3-9(2)7-11-6-4-5-10(12)8-11/h3,10,12H,4-8H2,1-2H3. The molecule has 0 spiro atoms. The van der Waals surface area contributed by atoms with Gasteiger partial charge >= 0.3 is 0 Å². The van der Waals surface area contributed by atoms with E-state index in [1.165, 1.54) is 5.57 Å². The van der Waals surface area contributed by atoms with Crippen LogP contribution in [0, 0.1) is 0 Å². The molecule has 1 heterocycles. The summed E-state index contributed by atoms with van der Waals surface area (Å²) in [6, 6.07) is 0. The zero-order valence-corrected chi connectivity index (χ0v) is 8.08. The average Bonchev–Trinajstić information content (AvgIpc) is 2.04. The summed E-state index contributed by atoms with van der Waals surface area (Å²) in [7, 11) is 0. The second-order valence-corrected chi connectivity index (χ2v) is 3.67. The third kappa shape index (κ3) is 2.95. The first-order chi connectivity index (χ1) is 5.72. The number of nitrogens with zero attached hydrogens (tertiary/aromatic N) is 1. The third-order valence-corrected chi connectivity index (χ3v) is 2.45. The van der Waals surface area contributed by atoms with Crippen LogP contribution >= 0.6 is 0 Å². The minimum atomic E-state index is -0.0941. The molecule has 1 fully saturated rings. The van der Waals surface area contributed by atoms with Crippen LogP contribution in [0.1, 0.15) is 26.7 Å². The Balaban J connectivity index is 2.32. The van der Waals surface area contributed by atoms with Gasteiger partial charge in [-0.15, -0.1) is 0 Å². The second-order valence-electron chi connectivity index (χ2n) is 3.67. The van der Waals surface area contributed by atoms with Crippen LogP contribution in [0.5, 0.6) is 0 Å². The Morgan fingerprint density at radius 1 is 1.67 bits per heavy atom. The molecular weight excluding hydrogens is 150 g/mol. The number of rotatable bonds is 2. The van der Waals surface area contributed by atoms with E-state index in [1.54, 1.807) is 0 Å². The Kier molecular flexibility index (Phi) is 3.76. The lowest BCUT2D eigenvalue weighted by molar-refractivity contribution is 0.0757. The number of likely N-dealkylation sites (tertiary alicyclic amines) is 1. The fourth-order valence-corrected chi connectivity index (χ4v) is 1.62. The first-order valence-corrected chi connectivity index (χ1v) is 4.74. The van der Waals surface area contributed by atoms with Crippen LogP contribution < -0.4 is 0 Å². The number of aliphatic hydroxyl groups is 1. The van der Waals surface area contributed by atoms with Gasteiger partial charge in [-0.1, -0.05) is 11.6 Å². The van der Waals surface area contributed by atoms with Gasteiger partial charge in [0.25, 0.3) is 0 Å². The molecule has 0 aromatic rings. The highest BCUT2D eigenvalue weighted by Crippen LogP contribution is 2.10. The van der Waals surface area contributed by atoms with Crippen molar-refractivity contribution in [3.05, 3.63) is 11.6 Å². The monoisotopic (exact) mass is 169 g/mol. The van der Waals surface area contributed by atoms with Gasteiger partial charge in [-0.2, -0.15) is 0 Å². The van der Waals surface area contributed by atoms with Gasteiger partial charge in [0.15, 0.2) is 0 Å². The van der Waals surface area contributed by atoms with Crippen molar-refractivity contribution < 1.29 is 5.11 Å². The Labute approximate surface area is 74.9 Å². The Bertz CT molecular complexity index is 165. The van der Waals surface area contributed by atoms with Crippen molar-refractivity contribution in [2.24, 2.45) is 0 Å². The highest BCUT2D eigenvalue weighted by Gasteiger charge is 2.16. The number of aliphatic hydroxyl groups excluding tert-OH is 1. The van der Waals surface area contributed by atoms with E-state index < -0.39 is 0 Å². The van der Waals surface area contributed by atoms with Gasteiger partial charge in [-0.05, 0) is 33.2 Å². The van der Waals surface area contributed by atoms with Gasteiger partial charge in [-0.25, -0.2) is 0 Å². The number of piperidine rings is 1. The maximum atomic E-state index is 9.40. The molecule has 0 aromatic heterocycles. The summed E-state index contributed by atoms with van der Waals surface area (Å²) in [5.74, 6) is 0. The van der Waals surface area contributed by atoms with Gasteiger partial charge < -0.3 is 5.11 Å². The van der Waals surface area contributed by atoms with Gasteiger partial charge in [0, 0.05) is 13.1 Å². The Morgan fingerprint density at radius 2 is 2.42 bits per heavy atom. The highest BCUT2D eigenvalue weighted by atomic mass is 16.3. The molecular formula is C10H19NO. The van der Waals surface area contributed by atoms with E-state index in [0.29, 0.717) is 0 Å². The molecule has 2 nitrogen and oxygen atoms in total. The topological polar surface area (TPSA) is 23.5 Å². The smallest absolute Gasteiger partial charge is 0.0667 e. The maximum absolute atomic E-state index is 9.40. The number of β-amino-alcohol motifs (C(OH)–C–C–N with tert-alkyl or cyclic N) is 1. The second kappa shape index (κ2) is 4.63. The van der Waals surface area contributed by atoms with E-state index in [-0.39, 0.29) is 6.10 Å². The predicted molar refractivity (Wildman–Crippen MR) is 51.1 cm³/mol. The molecule has 70 valence electrons. The van der Waals surface area contributed by atoms with Crippen molar-refractivity contribution in [3.63, 3.8) is 0 Å². The lowest BCUT2D eigenvalue weighted by Crippen LogP contribution is -2.38. The molecule has 0 radical (unpaired) electrons. The van der Waals surface area contributed by atoms with Crippen molar-refractivity contribution in [2.45, 2.75) is 32.8 Å². The van der Waals surface area contributed by atoms with E-state index in [4.69, 9.17) is 0 Å². The maximum Gasteiger partial charge on any atom is 0.0667 e. The van der Waals surface area contributed by atoms with Crippen molar-refractivity contribution in [1.29, 1.82) is 0 Å². The van der Waals surface area contributed by atoms with Crippen LogP contribution in [0.3, 0.4) is 0 Å². The highest BCUT2D eigenvalue weighted by molar-refractivity contribution is 4.99. The molecule has 1 aliphatic heterocycles. The van der Waals surface area contributed by atoms with Gasteiger partial charge in [-0.3, -0.25) is 4.90 Å². The molecule has 12 heavy (non-hydrogen) atoms. The zero-order chi connectivity index (χ0) is 8.97. The first kappa shape index (κ1) is 9.75. The fourth-order valence-electron chi connectivity index (χ4n) is 1.62. The average molecular weight is 169 g/mol. The summed E-state index contributed by atoms with van der Waals surface area (Å²) in [6.07, 6.45) is 4.16. The summed E-state index contributed by atoms with van der Waals surface area (Å²) in [5.41, 5.74) is 1.39. The molecule has 1 N–H and O–H groups in total. The molecule has 0 saturated carbocycles. The largest absolute Gasteiger partial charge is 0.392 e. The Hall–Kier alpha value is -0.340. The quantitative estimate of drug-likeness (QED) is 0.632. The van der Waals surface area contributed by atoms with Gasteiger partial charge in [0.1, 0.15) is 0 Å². The fraction of sp³-hybridized carbons (Fsp3) is 0.800. The molecule has 0 aromatic carbocycles. The van der Waals surface area contributed by atoms with Crippen molar-refractivity contribution in [1.82, 2.24) is 4.90 Å². The van der Waals surface area contributed by atoms with Crippen LogP contribution in [0.25, 0.3) is 0 Å². The summed E-state index contributed by atoms with van der Waals surface area (Å²) >= 11 is 0. The SMILES string of the molecule is CC=C(C)CN1CCCC(O)C1. The first-order valence-electron chi connectivity index (χ1n) is 4.74. The molecule has 1 saturated heterocycles. The molecule has 1 aliphatic rings. The molecule has 0 aliphatic carbocycles. The number of hydrogen-bond acceptors (Lipinski definition) is 2. The molecule has 2 heteroatoms. The van der Waals surface area contributed by atoms with Crippen molar-refractivity contribution >= 4 is 0 Å². The zero-order valence-electron chi connectivity index (χ0n) is 8.08. The van der Waals surface area contributed by atoms with E-state index in [2.05, 4.69) is 24.8 Å². The van der Waals surface area contributed by atoms with E-state index in [9.17, 15) is 5.11 Å². The number of allylic oxidation sites excluding steroid dienone is 1. The molecule has 0 bridgehead atoms. The van der Waals surface area contributed by atoms with Crippen molar-refractivity contribution in [3.8, 4) is 0 Å². The van der Waals surface area contributed by atoms with Crippen LogP contribution in [-0.4, -0.2) is 35.7 Å². The van der Waals surface area contributed by atoms with Gasteiger partial charge in [0.05, 0.1) is 6.10 Å². The Morgan fingerprint density at radius 3 is 3.00 bits per heavy atom. The van der Waals surface area contributed by atoms with Crippen LogP contribution in [0.2, 0.25) is 0 Å². The van der Waals surface area contributed by atoms with Gasteiger partial charge in [0.2, 0.25) is 0 Å². The summed E-state index contributed by atoms with van der Waals surface area (Å²) in [4.78, 5) is 2.32. The molecule has 1 unspecified atom stereocenters. The summed E-state index contributed by atoms with van der Waals surface area (Å²) < 4.78 is 0. The third-order valence-electron chi connectivity index (χ3n) is 2.45. The molecule has 0 amide bonds. The minimum absolute atomic E-state index is 0.0941. The summed E-state index contributed by atoms with van der Waals surface area (Å²) in [6.45, 7) is 7.22. The minimum Gasteiger partial charge on any atom is -0.392 e. The molecule has 1 rings (SSSR count). The normalized spacial score (nSPS) is 27.6. The van der Waals surface area contributed by atoms with E-state index in [1.807, 2.05) is 0 Å². The predicted octanol–water partition coefficient (Wildman–Crippen LogP) is 1.41. The van der Waals surface area contributed by atoms with Crippen molar-refractivity contribution in [2.75, 3.05) is 19.6 Å². The molecule has 1 atom stereocenters. The lowest BCUT2D eigenvalue weighted by atomic mass is 10.1. The van der Waals surface area contributed by atoms with Crippen LogP contribution in [-0.2, 0) is 0 Å². The van der Waals surface area contributed by atoms with Crippen LogP contribution in [0.15, 0.2) is 11.6 Å². The summed E-state index contributed by atoms with van der Waals surface area (Å²) in [5, 5.41) is 9.40. The lowest BCUT2D eigenvalue weighted by Gasteiger charge is -2.30. The number of hydrogen-bond donors (Lipinski definition) is 1.